The van der Waals surface area contributed by atoms with Gasteiger partial charge in [-0.3, -0.25) is 9.89 Å². The minimum Gasteiger partial charge on any atom is -0.376 e. The van der Waals surface area contributed by atoms with Crippen LogP contribution in [-0.2, 0) is 0 Å². The molecule has 0 radical (unpaired) electrons. The number of nitrogens with one attached hydrogen (secondary N) is 1. The van der Waals surface area contributed by atoms with E-state index in [2.05, 4.69) is 10.3 Å². The van der Waals surface area contributed by atoms with Crippen LogP contribution in [-0.4, -0.2) is 37.9 Å². The number of amides is 2. The molecule has 0 unspecified atom stereocenters. The Morgan fingerprint density at radius 3 is 2.89 bits per heavy atom. The maximum atomic E-state index is 12.1. The minimum absolute atomic E-state index is 0.238. The van der Waals surface area contributed by atoms with Crippen molar-refractivity contribution in [1.82, 2.24) is 4.90 Å². The molecule has 100 valence electrons. The first-order valence-corrected chi connectivity index (χ1v) is 6.17. The Labute approximate surface area is 117 Å². The normalized spacial score (nSPS) is 13.5. The molecule has 0 saturated heterocycles. The van der Waals surface area contributed by atoms with Crippen LogP contribution < -0.4 is 10.2 Å². The zero-order valence-corrected chi connectivity index (χ0v) is 11.6. The molecule has 1 aliphatic heterocycles. The number of hydrogen-bond donors (Lipinski definition) is 1. The van der Waals surface area contributed by atoms with Gasteiger partial charge in [0.05, 0.1) is 11.4 Å². The summed E-state index contributed by atoms with van der Waals surface area (Å²) >= 11 is 5.97. The Kier molecular flexibility index (Phi) is 4.06. The van der Waals surface area contributed by atoms with Gasteiger partial charge in [-0.2, -0.15) is 0 Å². The van der Waals surface area contributed by atoms with Crippen LogP contribution in [0.25, 0.3) is 0 Å². The Balaban J connectivity index is 2.18. The summed E-state index contributed by atoms with van der Waals surface area (Å²) in [5, 5.41) is 3.42. The highest BCUT2D eigenvalue weighted by Gasteiger charge is 2.14. The fourth-order valence-electron chi connectivity index (χ4n) is 1.70. The topological polar surface area (TPSA) is 47.9 Å². The minimum atomic E-state index is -0.238. The first-order valence-electron chi connectivity index (χ1n) is 5.79. The van der Waals surface area contributed by atoms with Crippen molar-refractivity contribution in [2.24, 2.45) is 4.99 Å². The summed E-state index contributed by atoms with van der Waals surface area (Å²) in [5.74, 6) is 0. The summed E-state index contributed by atoms with van der Waals surface area (Å²) in [7, 11) is 3.81. The third-order valence-electron chi connectivity index (χ3n) is 2.63. The highest BCUT2D eigenvalue weighted by molar-refractivity contribution is 6.31. The zero-order chi connectivity index (χ0) is 13.8. The van der Waals surface area contributed by atoms with E-state index < -0.39 is 0 Å². The lowest BCUT2D eigenvalue weighted by Gasteiger charge is -2.22. The molecule has 0 saturated carbocycles. The van der Waals surface area contributed by atoms with Crippen LogP contribution in [0, 0.1) is 0 Å². The number of benzene rings is 1. The van der Waals surface area contributed by atoms with Crippen LogP contribution in [0.2, 0.25) is 5.02 Å². The largest absolute Gasteiger partial charge is 0.376 e. The molecule has 0 bridgehead atoms. The molecule has 0 aromatic heterocycles. The van der Waals surface area contributed by atoms with Gasteiger partial charge in [0.25, 0.3) is 0 Å². The fourth-order valence-corrected chi connectivity index (χ4v) is 1.87. The second-order valence-corrected chi connectivity index (χ2v) is 4.71. The lowest BCUT2D eigenvalue weighted by atomic mass is 10.2. The van der Waals surface area contributed by atoms with Gasteiger partial charge in [-0.25, -0.2) is 4.79 Å². The predicted molar refractivity (Wildman–Crippen MR) is 79.1 cm³/mol. The van der Waals surface area contributed by atoms with E-state index in [0.717, 1.165) is 5.69 Å². The van der Waals surface area contributed by atoms with Crippen LogP contribution in [0.5, 0.6) is 0 Å². The van der Waals surface area contributed by atoms with Crippen molar-refractivity contribution in [3.05, 3.63) is 35.5 Å². The maximum Gasteiger partial charge on any atom is 0.327 e. The van der Waals surface area contributed by atoms with Crippen molar-refractivity contribution >= 4 is 35.2 Å². The van der Waals surface area contributed by atoms with E-state index in [9.17, 15) is 4.79 Å². The lowest BCUT2D eigenvalue weighted by molar-refractivity contribution is 0.229. The first-order chi connectivity index (χ1) is 9.08. The van der Waals surface area contributed by atoms with Gasteiger partial charge < -0.3 is 10.2 Å². The molecule has 1 aromatic rings. The van der Waals surface area contributed by atoms with Gasteiger partial charge in [0.2, 0.25) is 0 Å². The highest BCUT2D eigenvalue weighted by Crippen LogP contribution is 2.28. The van der Waals surface area contributed by atoms with E-state index in [1.54, 1.807) is 30.6 Å². The molecular formula is C13H15ClN4O. The van der Waals surface area contributed by atoms with Gasteiger partial charge >= 0.3 is 6.03 Å². The molecule has 1 N–H and O–H groups in total. The molecule has 0 fully saturated rings. The third-order valence-corrected chi connectivity index (χ3v) is 2.87. The molecule has 1 heterocycles. The molecule has 2 rings (SSSR count). The number of hydrogen-bond acceptors (Lipinski definition) is 3. The van der Waals surface area contributed by atoms with E-state index in [1.807, 2.05) is 25.1 Å². The van der Waals surface area contributed by atoms with Crippen molar-refractivity contribution in [3.63, 3.8) is 0 Å². The predicted octanol–water partition coefficient (Wildman–Crippen LogP) is 2.80. The molecular weight excluding hydrogens is 264 g/mol. The molecule has 1 aliphatic rings. The van der Waals surface area contributed by atoms with Gasteiger partial charge in [0.1, 0.15) is 6.67 Å². The van der Waals surface area contributed by atoms with Gasteiger partial charge in [0, 0.05) is 31.5 Å². The summed E-state index contributed by atoms with van der Waals surface area (Å²) in [6.45, 7) is 0.320. The third kappa shape index (κ3) is 3.26. The SMILES string of the molecule is CN(C)c1ccc(Cl)cc1NC(=O)N1C=CC=NC1. The second kappa shape index (κ2) is 5.75. The maximum absolute atomic E-state index is 12.1. The van der Waals surface area contributed by atoms with E-state index >= 15 is 0 Å². The number of carbonyl (C=O) groups is 1. The molecule has 2 amide bonds. The molecule has 0 aliphatic carbocycles. The van der Waals surface area contributed by atoms with Crippen LogP contribution in [0.15, 0.2) is 35.5 Å². The summed E-state index contributed by atoms with van der Waals surface area (Å²) < 4.78 is 0. The van der Waals surface area contributed by atoms with E-state index in [1.165, 1.54) is 4.90 Å². The average Bonchev–Trinajstić information content (AvgIpc) is 2.39. The molecule has 5 nitrogen and oxygen atoms in total. The highest BCUT2D eigenvalue weighted by atomic mass is 35.5. The fraction of sp³-hybridized carbons (Fsp3) is 0.231. The summed E-state index contributed by atoms with van der Waals surface area (Å²) in [6.07, 6.45) is 5.06. The number of rotatable bonds is 2. The molecule has 1 aromatic carbocycles. The van der Waals surface area contributed by atoms with E-state index in [0.29, 0.717) is 17.4 Å². The Morgan fingerprint density at radius 2 is 2.26 bits per heavy atom. The van der Waals surface area contributed by atoms with Gasteiger partial charge in [-0.05, 0) is 24.3 Å². The van der Waals surface area contributed by atoms with Crippen molar-refractivity contribution in [1.29, 1.82) is 0 Å². The summed E-state index contributed by atoms with van der Waals surface area (Å²) in [6, 6.07) is 5.14. The number of carbonyl (C=O) groups excluding carboxylic acids is 1. The number of anilines is 2. The first kappa shape index (κ1) is 13.4. The van der Waals surface area contributed by atoms with Gasteiger partial charge in [-0.1, -0.05) is 11.6 Å². The Hall–Kier alpha value is -2.01. The van der Waals surface area contributed by atoms with Crippen LogP contribution in [0.1, 0.15) is 0 Å². The number of aliphatic imine (C=N–C) groups is 1. The summed E-state index contributed by atoms with van der Waals surface area (Å²) in [4.78, 5) is 19.5. The smallest absolute Gasteiger partial charge is 0.327 e. The summed E-state index contributed by atoms with van der Waals surface area (Å²) in [5.41, 5.74) is 1.56. The van der Waals surface area contributed by atoms with Crippen molar-refractivity contribution in [2.45, 2.75) is 0 Å². The van der Waals surface area contributed by atoms with E-state index in [-0.39, 0.29) is 6.03 Å². The molecule has 0 atom stereocenters. The quantitative estimate of drug-likeness (QED) is 0.904. The van der Waals surface area contributed by atoms with Gasteiger partial charge in [-0.15, -0.1) is 0 Å². The number of urea groups is 1. The van der Waals surface area contributed by atoms with Crippen molar-refractivity contribution in [2.75, 3.05) is 31.0 Å². The monoisotopic (exact) mass is 278 g/mol. The van der Waals surface area contributed by atoms with Crippen LogP contribution in [0.4, 0.5) is 16.2 Å². The lowest BCUT2D eigenvalue weighted by Crippen LogP contribution is -2.32. The molecule has 19 heavy (non-hydrogen) atoms. The Morgan fingerprint density at radius 1 is 1.47 bits per heavy atom. The molecule has 0 spiro atoms. The molecule has 6 heteroatoms. The number of halogens is 1. The standard InChI is InChI=1S/C13H15ClN4O/c1-17(2)12-5-4-10(14)8-11(12)16-13(19)18-7-3-6-15-9-18/h3-8H,9H2,1-2H3,(H,16,19). The van der Waals surface area contributed by atoms with Crippen LogP contribution in [0.3, 0.4) is 0 Å². The zero-order valence-electron chi connectivity index (χ0n) is 10.8. The van der Waals surface area contributed by atoms with Crippen LogP contribution >= 0.6 is 11.6 Å². The Bertz CT molecular complexity index is 539. The average molecular weight is 279 g/mol. The van der Waals surface area contributed by atoms with Crippen molar-refractivity contribution in [3.8, 4) is 0 Å². The van der Waals surface area contributed by atoms with Crippen molar-refractivity contribution < 1.29 is 4.79 Å². The number of nitrogens with zero attached hydrogens (tertiary/aromatic N) is 3. The second-order valence-electron chi connectivity index (χ2n) is 4.27. The number of allylic oxidation sites excluding steroid dienone is 1. The van der Waals surface area contributed by atoms with E-state index in [4.69, 9.17) is 11.6 Å². The van der Waals surface area contributed by atoms with Gasteiger partial charge in [0.15, 0.2) is 0 Å².